The summed E-state index contributed by atoms with van der Waals surface area (Å²) < 4.78 is 5.84. The van der Waals surface area contributed by atoms with Crippen LogP contribution in [0.15, 0.2) is 18.2 Å². The second kappa shape index (κ2) is 5.58. The maximum Gasteiger partial charge on any atom is 0.266 e. The van der Waals surface area contributed by atoms with E-state index in [0.717, 1.165) is 17.0 Å². The maximum atomic E-state index is 12.6. The zero-order valence-corrected chi connectivity index (χ0v) is 14.2. The largest absolute Gasteiger partial charge is 0.480 e. The van der Waals surface area contributed by atoms with Gasteiger partial charge in [0.2, 0.25) is 0 Å². The number of carbonyl (C=O) groups excluding carboxylic acids is 1. The highest BCUT2D eigenvalue weighted by molar-refractivity contribution is 5.94. The molecule has 1 N–H and O–H groups in total. The average molecular weight is 323 g/mol. The first-order valence-corrected chi connectivity index (χ1v) is 8.43. The summed E-state index contributed by atoms with van der Waals surface area (Å²) in [5, 5.41) is 2.90. The highest BCUT2D eigenvalue weighted by Gasteiger charge is 2.30. The van der Waals surface area contributed by atoms with Crippen LogP contribution in [0.2, 0.25) is 0 Å². The third kappa shape index (κ3) is 2.86. The molecule has 2 aromatic rings. The number of ether oxygens (including phenoxy) is 1. The molecule has 1 aromatic heterocycles. The van der Waals surface area contributed by atoms with Crippen molar-refractivity contribution in [3.05, 3.63) is 46.4 Å². The monoisotopic (exact) mass is 323 g/mol. The molecular weight excluding hydrogens is 302 g/mol. The Balaban J connectivity index is 1.49. The van der Waals surface area contributed by atoms with Crippen molar-refractivity contribution in [1.29, 1.82) is 0 Å². The second-order valence-corrected chi connectivity index (χ2v) is 6.84. The standard InChI is InChI=1S/C19H21N3O2/c1-10-6-14-8-17(24-16(14)7-11(10)2)19(23)22-18-9-15(13-4-5-13)20-12(3)21-18/h6-7,9,13,17H,4-5,8H2,1-3H3,(H,20,21,22,23)/t17-/m1/s1. The van der Waals surface area contributed by atoms with Gasteiger partial charge in [-0.25, -0.2) is 9.97 Å². The molecule has 2 heterocycles. The van der Waals surface area contributed by atoms with Crippen LogP contribution in [0.1, 0.15) is 47.0 Å². The van der Waals surface area contributed by atoms with Crippen LogP contribution < -0.4 is 10.1 Å². The van der Waals surface area contributed by atoms with Crippen LogP contribution in [-0.4, -0.2) is 22.0 Å². The van der Waals surface area contributed by atoms with Crippen molar-refractivity contribution in [3.8, 4) is 5.75 Å². The summed E-state index contributed by atoms with van der Waals surface area (Å²) in [5.41, 5.74) is 4.52. The van der Waals surface area contributed by atoms with Crippen molar-refractivity contribution in [3.63, 3.8) is 0 Å². The lowest BCUT2D eigenvalue weighted by Crippen LogP contribution is -2.31. The van der Waals surface area contributed by atoms with E-state index in [-0.39, 0.29) is 5.91 Å². The average Bonchev–Trinajstić information content (AvgIpc) is 3.29. The normalized spacial score (nSPS) is 18.9. The summed E-state index contributed by atoms with van der Waals surface area (Å²) in [4.78, 5) is 21.4. The number of hydrogen-bond acceptors (Lipinski definition) is 4. The summed E-state index contributed by atoms with van der Waals surface area (Å²) in [6, 6.07) is 6.01. The molecular formula is C19H21N3O2. The van der Waals surface area contributed by atoms with Crippen LogP contribution in [0.4, 0.5) is 5.82 Å². The van der Waals surface area contributed by atoms with Crippen LogP contribution in [0, 0.1) is 20.8 Å². The van der Waals surface area contributed by atoms with E-state index in [1.165, 1.54) is 24.0 Å². The lowest BCUT2D eigenvalue weighted by atomic mass is 10.0. The van der Waals surface area contributed by atoms with Gasteiger partial charge in [0, 0.05) is 24.1 Å². The van der Waals surface area contributed by atoms with Gasteiger partial charge in [0.25, 0.3) is 5.91 Å². The van der Waals surface area contributed by atoms with Crippen molar-refractivity contribution in [2.45, 2.75) is 52.1 Å². The number of hydrogen-bond donors (Lipinski definition) is 1. The van der Waals surface area contributed by atoms with E-state index in [0.29, 0.717) is 24.0 Å². The molecule has 1 fully saturated rings. The first-order valence-electron chi connectivity index (χ1n) is 8.43. The summed E-state index contributed by atoms with van der Waals surface area (Å²) in [6.07, 6.45) is 2.44. The van der Waals surface area contributed by atoms with Crippen molar-refractivity contribution in [1.82, 2.24) is 9.97 Å². The number of aromatic nitrogens is 2. The number of aryl methyl sites for hydroxylation is 3. The molecule has 124 valence electrons. The molecule has 0 bridgehead atoms. The molecule has 0 radical (unpaired) electrons. The SMILES string of the molecule is Cc1nc(NC(=O)[C@H]2Cc3cc(C)c(C)cc3O2)cc(C2CC2)n1. The summed E-state index contributed by atoms with van der Waals surface area (Å²) in [6.45, 7) is 5.98. The molecule has 1 aliphatic heterocycles. The van der Waals surface area contributed by atoms with Crippen LogP contribution in [0.3, 0.4) is 0 Å². The minimum Gasteiger partial charge on any atom is -0.480 e. The van der Waals surface area contributed by atoms with Gasteiger partial charge < -0.3 is 10.1 Å². The number of amides is 1. The van der Waals surface area contributed by atoms with Crippen molar-refractivity contribution in [2.75, 3.05) is 5.32 Å². The Morgan fingerprint density at radius 3 is 2.62 bits per heavy atom. The molecule has 1 amide bonds. The number of fused-ring (bicyclic) bond motifs is 1. The molecule has 5 heteroatoms. The van der Waals surface area contributed by atoms with E-state index in [9.17, 15) is 4.79 Å². The van der Waals surface area contributed by atoms with E-state index in [1.807, 2.05) is 19.1 Å². The van der Waals surface area contributed by atoms with Gasteiger partial charge >= 0.3 is 0 Å². The van der Waals surface area contributed by atoms with Crippen molar-refractivity contribution < 1.29 is 9.53 Å². The van der Waals surface area contributed by atoms with Gasteiger partial charge in [-0.05, 0) is 56.4 Å². The van der Waals surface area contributed by atoms with Crippen molar-refractivity contribution in [2.24, 2.45) is 0 Å². The van der Waals surface area contributed by atoms with Crippen LogP contribution in [0.25, 0.3) is 0 Å². The Bertz CT molecular complexity index is 797. The molecule has 1 aromatic carbocycles. The van der Waals surface area contributed by atoms with Gasteiger partial charge in [-0.1, -0.05) is 6.07 Å². The molecule has 0 saturated heterocycles. The smallest absolute Gasteiger partial charge is 0.266 e. The maximum absolute atomic E-state index is 12.6. The Morgan fingerprint density at radius 1 is 1.12 bits per heavy atom. The zero-order valence-electron chi connectivity index (χ0n) is 14.2. The van der Waals surface area contributed by atoms with Gasteiger partial charge in [-0.3, -0.25) is 4.79 Å². The molecule has 1 saturated carbocycles. The molecule has 0 unspecified atom stereocenters. The Labute approximate surface area is 141 Å². The molecule has 1 aliphatic carbocycles. The minimum atomic E-state index is -0.499. The highest BCUT2D eigenvalue weighted by atomic mass is 16.5. The number of benzene rings is 1. The van der Waals surface area contributed by atoms with Crippen LogP contribution in [-0.2, 0) is 11.2 Å². The summed E-state index contributed by atoms with van der Waals surface area (Å²) in [5.74, 6) is 2.45. The molecule has 2 aliphatic rings. The number of carbonyl (C=O) groups is 1. The third-order valence-corrected chi connectivity index (χ3v) is 4.75. The number of nitrogens with one attached hydrogen (secondary N) is 1. The van der Waals surface area contributed by atoms with Crippen LogP contribution in [0.5, 0.6) is 5.75 Å². The van der Waals surface area contributed by atoms with E-state index < -0.39 is 6.10 Å². The molecule has 4 rings (SSSR count). The molecule has 1 atom stereocenters. The van der Waals surface area contributed by atoms with Gasteiger partial charge in [-0.2, -0.15) is 0 Å². The number of rotatable bonds is 3. The quantitative estimate of drug-likeness (QED) is 0.942. The zero-order chi connectivity index (χ0) is 16.8. The fourth-order valence-corrected chi connectivity index (χ4v) is 3.11. The predicted molar refractivity (Wildman–Crippen MR) is 91.4 cm³/mol. The number of nitrogens with zero attached hydrogens (tertiary/aromatic N) is 2. The highest BCUT2D eigenvalue weighted by Crippen LogP contribution is 2.39. The van der Waals surface area contributed by atoms with Gasteiger partial charge in [0.05, 0.1) is 0 Å². The Morgan fingerprint density at radius 2 is 1.88 bits per heavy atom. The fourth-order valence-electron chi connectivity index (χ4n) is 3.11. The molecule has 5 nitrogen and oxygen atoms in total. The minimum absolute atomic E-state index is 0.152. The fraction of sp³-hybridized carbons (Fsp3) is 0.421. The predicted octanol–water partition coefficient (Wildman–Crippen LogP) is 3.22. The molecule has 24 heavy (non-hydrogen) atoms. The van der Waals surface area contributed by atoms with E-state index in [2.05, 4.69) is 35.2 Å². The Hall–Kier alpha value is -2.43. The van der Waals surface area contributed by atoms with Gasteiger partial charge in [-0.15, -0.1) is 0 Å². The first kappa shape index (κ1) is 15.1. The second-order valence-electron chi connectivity index (χ2n) is 6.84. The summed E-state index contributed by atoms with van der Waals surface area (Å²) >= 11 is 0. The van der Waals surface area contributed by atoms with E-state index in [1.54, 1.807) is 0 Å². The summed E-state index contributed by atoms with van der Waals surface area (Å²) in [7, 11) is 0. The van der Waals surface area contributed by atoms with E-state index >= 15 is 0 Å². The lowest BCUT2D eigenvalue weighted by molar-refractivity contribution is -0.122. The van der Waals surface area contributed by atoms with Gasteiger partial charge in [0.15, 0.2) is 6.10 Å². The molecule has 0 spiro atoms. The van der Waals surface area contributed by atoms with Crippen molar-refractivity contribution >= 4 is 11.7 Å². The van der Waals surface area contributed by atoms with Crippen LogP contribution >= 0.6 is 0 Å². The van der Waals surface area contributed by atoms with E-state index in [4.69, 9.17) is 4.74 Å². The number of anilines is 1. The topological polar surface area (TPSA) is 64.1 Å². The third-order valence-electron chi connectivity index (χ3n) is 4.75. The van der Waals surface area contributed by atoms with Gasteiger partial charge in [0.1, 0.15) is 17.4 Å². The first-order chi connectivity index (χ1) is 11.5. The lowest BCUT2D eigenvalue weighted by Gasteiger charge is -2.12. The Kier molecular flexibility index (Phi) is 3.52.